The molecule has 0 fully saturated rings. The van der Waals surface area contributed by atoms with Gasteiger partial charge in [0.05, 0.1) is 0 Å². The van der Waals surface area contributed by atoms with Crippen molar-refractivity contribution in [3.63, 3.8) is 0 Å². The molecule has 0 radical (unpaired) electrons. The molecule has 56 valence electrons. The number of rotatable bonds is 2. The average Bonchev–Trinajstić information content (AvgIpc) is 2.03. The summed E-state index contributed by atoms with van der Waals surface area (Å²) in [6.45, 7) is 1.92. The maximum absolute atomic E-state index is 8.38. The molecule has 0 aliphatic heterocycles. The maximum Gasteiger partial charge on any atom is 0.0440 e. The molecule has 0 amide bonds. The van der Waals surface area contributed by atoms with Crippen LogP contribution in [0, 0.1) is 35.5 Å². The summed E-state index contributed by atoms with van der Waals surface area (Å²) in [7, 11) is 0. The molecule has 1 nitrogen and oxygen atoms in total. The van der Waals surface area contributed by atoms with Crippen molar-refractivity contribution in [2.45, 2.75) is 19.8 Å². The Morgan fingerprint density at radius 3 is 2.45 bits per heavy atom. The molecule has 1 heteroatoms. The molecule has 0 unspecified atom stereocenters. The second-order valence-corrected chi connectivity index (χ2v) is 1.75. The zero-order chi connectivity index (χ0) is 8.36. The van der Waals surface area contributed by atoms with Crippen molar-refractivity contribution in [3.8, 4) is 35.5 Å². The number of hydrogen-bond acceptors (Lipinski definition) is 1. The minimum atomic E-state index is 0.191. The molecule has 0 saturated heterocycles. The van der Waals surface area contributed by atoms with Gasteiger partial charge in [0.1, 0.15) is 0 Å². The van der Waals surface area contributed by atoms with Gasteiger partial charge in [0.25, 0.3) is 0 Å². The van der Waals surface area contributed by atoms with Crippen molar-refractivity contribution in [1.82, 2.24) is 0 Å². The summed E-state index contributed by atoms with van der Waals surface area (Å²) in [6, 6.07) is 0. The summed E-state index contributed by atoms with van der Waals surface area (Å²) in [5.41, 5.74) is 0. The lowest BCUT2D eigenvalue weighted by Gasteiger charge is -1.80. The lowest BCUT2D eigenvalue weighted by Crippen LogP contribution is -1.77. The Balaban J connectivity index is 3.54. The highest BCUT2D eigenvalue weighted by atomic mass is 16.2. The van der Waals surface area contributed by atoms with Crippen LogP contribution in [0.2, 0.25) is 0 Å². The van der Waals surface area contributed by atoms with E-state index in [0.717, 1.165) is 0 Å². The van der Waals surface area contributed by atoms with Crippen molar-refractivity contribution in [3.05, 3.63) is 0 Å². The number of hydrogen-bond donors (Lipinski definition) is 1. The highest BCUT2D eigenvalue weighted by Crippen LogP contribution is 1.81. The molecule has 0 aromatic carbocycles. The van der Waals surface area contributed by atoms with E-state index in [4.69, 9.17) is 5.11 Å². The third kappa shape index (κ3) is 8.64. The van der Waals surface area contributed by atoms with Crippen LogP contribution in [0.3, 0.4) is 0 Å². The van der Waals surface area contributed by atoms with Crippen LogP contribution in [0.25, 0.3) is 0 Å². The quantitative estimate of drug-likeness (QED) is 0.451. The van der Waals surface area contributed by atoms with Crippen LogP contribution < -0.4 is 0 Å². The van der Waals surface area contributed by atoms with Gasteiger partial charge in [-0.05, 0) is 37.0 Å². The van der Waals surface area contributed by atoms with E-state index in [0.29, 0.717) is 12.8 Å². The first-order chi connectivity index (χ1) is 5.41. The van der Waals surface area contributed by atoms with E-state index in [1.165, 1.54) is 0 Å². The first-order valence-corrected chi connectivity index (χ1v) is 3.42. The number of aliphatic hydroxyl groups is 1. The Morgan fingerprint density at radius 1 is 1.09 bits per heavy atom. The van der Waals surface area contributed by atoms with Crippen molar-refractivity contribution < 1.29 is 5.11 Å². The lowest BCUT2D eigenvalue weighted by atomic mass is 10.3. The van der Waals surface area contributed by atoms with Gasteiger partial charge in [0, 0.05) is 13.0 Å². The smallest absolute Gasteiger partial charge is 0.0440 e. The molecule has 0 heterocycles. The first kappa shape index (κ1) is 9.64. The molecular formula is C10H10O. The van der Waals surface area contributed by atoms with Crippen LogP contribution in [-0.4, -0.2) is 11.7 Å². The lowest BCUT2D eigenvalue weighted by molar-refractivity contribution is 0.290. The zero-order valence-electron chi connectivity index (χ0n) is 6.57. The van der Waals surface area contributed by atoms with Gasteiger partial charge in [0.15, 0.2) is 0 Å². The highest BCUT2D eigenvalue weighted by molar-refractivity contribution is 5.35. The fourth-order valence-electron chi connectivity index (χ4n) is 0.399. The SMILES string of the molecule is CC#CC#CC#CCCCO. The summed E-state index contributed by atoms with van der Waals surface area (Å²) < 4.78 is 0. The third-order valence-electron chi connectivity index (χ3n) is 0.861. The maximum atomic E-state index is 8.38. The second-order valence-electron chi connectivity index (χ2n) is 1.75. The molecule has 1 N–H and O–H groups in total. The van der Waals surface area contributed by atoms with Crippen molar-refractivity contribution in [2.75, 3.05) is 6.61 Å². The van der Waals surface area contributed by atoms with Gasteiger partial charge in [-0.25, -0.2) is 0 Å². The zero-order valence-corrected chi connectivity index (χ0v) is 6.57. The van der Waals surface area contributed by atoms with E-state index >= 15 is 0 Å². The largest absolute Gasteiger partial charge is 0.396 e. The second kappa shape index (κ2) is 8.64. The Kier molecular flexibility index (Phi) is 7.57. The molecule has 0 aromatic heterocycles. The Labute approximate surface area is 67.8 Å². The van der Waals surface area contributed by atoms with Gasteiger partial charge < -0.3 is 5.11 Å². The van der Waals surface area contributed by atoms with Crippen LogP contribution in [-0.2, 0) is 0 Å². The summed E-state index contributed by atoms with van der Waals surface area (Å²) in [6.07, 6.45) is 1.42. The number of unbranched alkanes of at least 4 members (excludes halogenated alkanes) is 1. The predicted octanol–water partition coefficient (Wildman–Crippen LogP) is 0.789. The van der Waals surface area contributed by atoms with E-state index in [1.54, 1.807) is 6.92 Å². The van der Waals surface area contributed by atoms with E-state index < -0.39 is 0 Å². The summed E-state index contributed by atoms with van der Waals surface area (Å²) >= 11 is 0. The fourth-order valence-corrected chi connectivity index (χ4v) is 0.399. The van der Waals surface area contributed by atoms with E-state index in [2.05, 4.69) is 35.5 Å². The Bertz CT molecular complexity index is 256. The average molecular weight is 146 g/mol. The summed E-state index contributed by atoms with van der Waals surface area (Å²) in [5, 5.41) is 8.38. The molecule has 0 rings (SSSR count). The van der Waals surface area contributed by atoms with E-state index in [1.807, 2.05) is 0 Å². The van der Waals surface area contributed by atoms with Crippen LogP contribution in [0.5, 0.6) is 0 Å². The molecule has 0 atom stereocenters. The Hall–Kier alpha value is -1.36. The van der Waals surface area contributed by atoms with Crippen molar-refractivity contribution >= 4 is 0 Å². The minimum Gasteiger partial charge on any atom is -0.396 e. The standard InChI is InChI=1S/C10H10O/c1-2-3-4-5-6-7-8-9-10-11/h11H,8-10H2,1H3. The molecule has 0 spiro atoms. The van der Waals surface area contributed by atoms with Gasteiger partial charge in [-0.1, -0.05) is 11.8 Å². The van der Waals surface area contributed by atoms with Crippen molar-refractivity contribution in [2.24, 2.45) is 0 Å². The molecule has 0 aliphatic carbocycles. The molecule has 11 heavy (non-hydrogen) atoms. The fraction of sp³-hybridized carbons (Fsp3) is 0.400. The van der Waals surface area contributed by atoms with Crippen LogP contribution in [0.15, 0.2) is 0 Å². The molecule has 0 aliphatic rings. The minimum absolute atomic E-state index is 0.191. The topological polar surface area (TPSA) is 20.2 Å². The van der Waals surface area contributed by atoms with Gasteiger partial charge >= 0.3 is 0 Å². The van der Waals surface area contributed by atoms with Gasteiger partial charge in [-0.2, -0.15) is 0 Å². The summed E-state index contributed by atoms with van der Waals surface area (Å²) in [5.74, 6) is 15.8. The van der Waals surface area contributed by atoms with Gasteiger partial charge in [0.2, 0.25) is 0 Å². The van der Waals surface area contributed by atoms with Gasteiger partial charge in [-0.3, -0.25) is 0 Å². The Morgan fingerprint density at radius 2 is 1.82 bits per heavy atom. The van der Waals surface area contributed by atoms with E-state index in [-0.39, 0.29) is 6.61 Å². The third-order valence-corrected chi connectivity index (χ3v) is 0.861. The van der Waals surface area contributed by atoms with Crippen LogP contribution in [0.1, 0.15) is 19.8 Å². The predicted molar refractivity (Wildman–Crippen MR) is 45.3 cm³/mol. The molecular weight excluding hydrogens is 136 g/mol. The summed E-state index contributed by atoms with van der Waals surface area (Å²) in [4.78, 5) is 0. The number of aliphatic hydroxyl groups excluding tert-OH is 1. The van der Waals surface area contributed by atoms with Crippen LogP contribution >= 0.6 is 0 Å². The first-order valence-electron chi connectivity index (χ1n) is 3.42. The highest BCUT2D eigenvalue weighted by Gasteiger charge is 1.74. The normalized spacial score (nSPS) is 6.00. The van der Waals surface area contributed by atoms with E-state index in [9.17, 15) is 0 Å². The monoisotopic (exact) mass is 146 g/mol. The van der Waals surface area contributed by atoms with Gasteiger partial charge in [-0.15, -0.1) is 0 Å². The molecule has 0 bridgehead atoms. The van der Waals surface area contributed by atoms with Crippen LogP contribution in [0.4, 0.5) is 0 Å². The molecule has 0 saturated carbocycles. The van der Waals surface area contributed by atoms with Crippen molar-refractivity contribution in [1.29, 1.82) is 0 Å². The molecule has 0 aromatic rings.